The van der Waals surface area contributed by atoms with E-state index in [2.05, 4.69) is 49.9 Å². The van der Waals surface area contributed by atoms with Crippen molar-refractivity contribution < 1.29 is 4.74 Å². The second-order valence-corrected chi connectivity index (χ2v) is 6.49. The van der Waals surface area contributed by atoms with Gasteiger partial charge in [0.15, 0.2) is 0 Å². The van der Waals surface area contributed by atoms with Gasteiger partial charge in [0.1, 0.15) is 17.5 Å². The Morgan fingerprint density at radius 2 is 1.85 bits per heavy atom. The van der Waals surface area contributed by atoms with Gasteiger partial charge in [0.2, 0.25) is 0 Å². The van der Waals surface area contributed by atoms with Gasteiger partial charge in [0.25, 0.3) is 0 Å². The summed E-state index contributed by atoms with van der Waals surface area (Å²) in [4.78, 5) is 11.4. The summed E-state index contributed by atoms with van der Waals surface area (Å²) in [6.07, 6.45) is 0.391. The number of rotatable bonds is 2. The van der Waals surface area contributed by atoms with E-state index in [9.17, 15) is 0 Å². The lowest BCUT2D eigenvalue weighted by Crippen LogP contribution is -2.46. The van der Waals surface area contributed by atoms with Gasteiger partial charge >= 0.3 is 0 Å². The fourth-order valence-corrected chi connectivity index (χ4v) is 2.37. The first-order valence-corrected chi connectivity index (χ1v) is 7.06. The van der Waals surface area contributed by atoms with Crippen LogP contribution in [0.1, 0.15) is 40.4 Å². The lowest BCUT2D eigenvalue weighted by atomic mass is 9.96. The predicted molar refractivity (Wildman–Crippen MR) is 80.8 cm³/mol. The van der Waals surface area contributed by atoms with Crippen molar-refractivity contribution in [3.8, 4) is 0 Å². The van der Waals surface area contributed by atoms with Crippen LogP contribution >= 0.6 is 0 Å². The molecule has 2 heterocycles. The SMILES string of the molecule is CC1CN(c2cc(NN)nc(C(C)(C)C)n2)CC(C)O1. The van der Waals surface area contributed by atoms with Gasteiger partial charge in [-0.1, -0.05) is 20.8 Å². The quantitative estimate of drug-likeness (QED) is 0.633. The lowest BCUT2D eigenvalue weighted by molar-refractivity contribution is -0.00548. The van der Waals surface area contributed by atoms with Crippen molar-refractivity contribution in [2.24, 2.45) is 5.84 Å². The maximum atomic E-state index is 5.77. The van der Waals surface area contributed by atoms with E-state index in [1.54, 1.807) is 0 Å². The number of ether oxygens (including phenoxy) is 1. The number of hydrogen-bond acceptors (Lipinski definition) is 6. The number of hydrogen-bond donors (Lipinski definition) is 2. The topological polar surface area (TPSA) is 76.3 Å². The summed E-state index contributed by atoms with van der Waals surface area (Å²) in [5.74, 6) is 7.87. The third-order valence-electron chi connectivity index (χ3n) is 3.27. The van der Waals surface area contributed by atoms with Gasteiger partial charge in [-0.15, -0.1) is 0 Å². The van der Waals surface area contributed by atoms with Crippen LogP contribution in [0, 0.1) is 0 Å². The number of aromatic nitrogens is 2. The molecule has 2 atom stereocenters. The molecule has 1 aliphatic heterocycles. The maximum Gasteiger partial charge on any atom is 0.145 e. The molecule has 1 aromatic rings. The summed E-state index contributed by atoms with van der Waals surface area (Å²) in [6, 6.07) is 1.89. The number of morpholine rings is 1. The predicted octanol–water partition coefficient (Wildman–Crippen LogP) is 1.67. The average Bonchev–Trinajstić information content (AvgIpc) is 2.36. The first kappa shape index (κ1) is 15.0. The molecule has 2 rings (SSSR count). The maximum absolute atomic E-state index is 5.77. The Morgan fingerprint density at radius 1 is 1.25 bits per heavy atom. The molecule has 2 unspecified atom stereocenters. The molecule has 1 aliphatic rings. The van der Waals surface area contributed by atoms with E-state index in [0.29, 0.717) is 5.82 Å². The van der Waals surface area contributed by atoms with Crippen LogP contribution in [0.5, 0.6) is 0 Å². The van der Waals surface area contributed by atoms with Crippen molar-refractivity contribution in [2.45, 2.75) is 52.2 Å². The zero-order valence-electron chi connectivity index (χ0n) is 13.0. The smallest absolute Gasteiger partial charge is 0.145 e. The van der Waals surface area contributed by atoms with Crippen molar-refractivity contribution in [3.05, 3.63) is 11.9 Å². The van der Waals surface area contributed by atoms with Gasteiger partial charge in [-0.2, -0.15) is 0 Å². The Bertz CT molecular complexity index is 461. The Kier molecular flexibility index (Phi) is 4.15. The molecule has 1 aromatic heterocycles. The first-order chi connectivity index (χ1) is 9.29. The van der Waals surface area contributed by atoms with Crippen LogP contribution in [0.25, 0.3) is 0 Å². The van der Waals surface area contributed by atoms with E-state index < -0.39 is 0 Å². The molecule has 6 nitrogen and oxygen atoms in total. The van der Waals surface area contributed by atoms with E-state index >= 15 is 0 Å². The van der Waals surface area contributed by atoms with Crippen molar-refractivity contribution in [3.63, 3.8) is 0 Å². The third-order valence-corrected chi connectivity index (χ3v) is 3.27. The highest BCUT2D eigenvalue weighted by Crippen LogP contribution is 2.25. The van der Waals surface area contributed by atoms with Gasteiger partial charge in [0.05, 0.1) is 12.2 Å². The highest BCUT2D eigenvalue weighted by Gasteiger charge is 2.26. The van der Waals surface area contributed by atoms with E-state index in [1.807, 2.05) is 6.07 Å². The van der Waals surface area contributed by atoms with Crippen LogP contribution < -0.4 is 16.2 Å². The average molecular weight is 279 g/mol. The Hall–Kier alpha value is -1.40. The Balaban J connectivity index is 2.35. The number of hydrazine groups is 1. The van der Waals surface area contributed by atoms with Crippen LogP contribution in [0.15, 0.2) is 6.07 Å². The zero-order chi connectivity index (χ0) is 14.9. The van der Waals surface area contributed by atoms with Crippen molar-refractivity contribution >= 4 is 11.6 Å². The van der Waals surface area contributed by atoms with Crippen LogP contribution in [0.4, 0.5) is 11.6 Å². The monoisotopic (exact) mass is 279 g/mol. The summed E-state index contributed by atoms with van der Waals surface area (Å²) >= 11 is 0. The molecular formula is C14H25N5O. The highest BCUT2D eigenvalue weighted by molar-refractivity contribution is 5.50. The van der Waals surface area contributed by atoms with E-state index in [0.717, 1.165) is 24.7 Å². The molecule has 0 radical (unpaired) electrons. The minimum absolute atomic E-state index is 0.120. The number of anilines is 2. The fraction of sp³-hybridized carbons (Fsp3) is 0.714. The summed E-state index contributed by atoms with van der Waals surface area (Å²) in [5.41, 5.74) is 2.51. The summed E-state index contributed by atoms with van der Waals surface area (Å²) in [7, 11) is 0. The molecule has 0 saturated carbocycles. The Labute approximate surface area is 120 Å². The van der Waals surface area contributed by atoms with E-state index in [1.165, 1.54) is 0 Å². The molecular weight excluding hydrogens is 254 g/mol. The normalized spacial score (nSPS) is 23.8. The van der Waals surface area contributed by atoms with Crippen molar-refractivity contribution in [2.75, 3.05) is 23.4 Å². The molecule has 112 valence electrons. The number of nitrogen functional groups attached to an aromatic ring is 1. The van der Waals surface area contributed by atoms with Crippen molar-refractivity contribution in [1.82, 2.24) is 9.97 Å². The summed E-state index contributed by atoms with van der Waals surface area (Å²) in [6.45, 7) is 12.1. The summed E-state index contributed by atoms with van der Waals surface area (Å²) < 4.78 is 5.77. The number of nitrogens with one attached hydrogen (secondary N) is 1. The van der Waals surface area contributed by atoms with Crippen LogP contribution in [0.3, 0.4) is 0 Å². The van der Waals surface area contributed by atoms with Gasteiger partial charge in [0, 0.05) is 24.6 Å². The minimum Gasteiger partial charge on any atom is -0.372 e. The zero-order valence-corrected chi connectivity index (χ0v) is 13.0. The first-order valence-electron chi connectivity index (χ1n) is 7.06. The second kappa shape index (κ2) is 5.54. The molecule has 3 N–H and O–H groups in total. The fourth-order valence-electron chi connectivity index (χ4n) is 2.37. The van der Waals surface area contributed by atoms with Crippen molar-refractivity contribution in [1.29, 1.82) is 0 Å². The van der Waals surface area contributed by atoms with Gasteiger partial charge < -0.3 is 15.1 Å². The molecule has 0 aliphatic carbocycles. The van der Waals surface area contributed by atoms with E-state index in [-0.39, 0.29) is 17.6 Å². The molecule has 6 heteroatoms. The minimum atomic E-state index is -0.120. The molecule has 1 saturated heterocycles. The number of nitrogens with zero attached hydrogens (tertiary/aromatic N) is 3. The molecule has 0 bridgehead atoms. The highest BCUT2D eigenvalue weighted by atomic mass is 16.5. The van der Waals surface area contributed by atoms with Crippen LogP contribution in [-0.2, 0) is 10.2 Å². The van der Waals surface area contributed by atoms with Gasteiger partial charge in [-0.25, -0.2) is 15.8 Å². The number of nitrogens with two attached hydrogens (primary N) is 1. The molecule has 0 aromatic carbocycles. The van der Waals surface area contributed by atoms with Gasteiger partial charge in [-0.3, -0.25) is 0 Å². The van der Waals surface area contributed by atoms with Crippen LogP contribution in [0.2, 0.25) is 0 Å². The largest absolute Gasteiger partial charge is 0.372 e. The Morgan fingerprint density at radius 3 is 2.35 bits per heavy atom. The molecule has 20 heavy (non-hydrogen) atoms. The standard InChI is InChI=1S/C14H25N5O/c1-9-7-19(8-10(2)20-9)12-6-11(18-15)16-13(17-12)14(3,4)5/h6,9-10H,7-8,15H2,1-5H3,(H,16,17,18). The third kappa shape index (κ3) is 3.37. The van der Waals surface area contributed by atoms with Crippen LogP contribution in [-0.4, -0.2) is 35.3 Å². The summed E-state index contributed by atoms with van der Waals surface area (Å²) in [5, 5.41) is 0. The lowest BCUT2D eigenvalue weighted by Gasteiger charge is -2.36. The van der Waals surface area contributed by atoms with E-state index in [4.69, 9.17) is 15.6 Å². The molecule has 0 amide bonds. The second-order valence-electron chi connectivity index (χ2n) is 6.49. The molecule has 0 spiro atoms. The molecule has 1 fully saturated rings. The van der Waals surface area contributed by atoms with Gasteiger partial charge in [-0.05, 0) is 13.8 Å².